The summed E-state index contributed by atoms with van der Waals surface area (Å²) in [6.45, 7) is -0.281. The number of aliphatic carboxylic acids is 2. The van der Waals surface area contributed by atoms with E-state index in [2.05, 4.69) is 46.5 Å². The van der Waals surface area contributed by atoms with E-state index < -0.39 is 121 Å². The minimum Gasteiger partial charge on any atom is -0.481 e. The van der Waals surface area contributed by atoms with Gasteiger partial charge in [0.05, 0.1) is 37.1 Å². The van der Waals surface area contributed by atoms with Gasteiger partial charge in [0.25, 0.3) is 11.1 Å². The smallest absolute Gasteiger partial charge is 0.326 e. The van der Waals surface area contributed by atoms with E-state index in [4.69, 9.17) is 21.3 Å². The van der Waals surface area contributed by atoms with Gasteiger partial charge in [-0.25, -0.2) is 14.8 Å². The molecule has 1 aliphatic rings. The van der Waals surface area contributed by atoms with Gasteiger partial charge in [0.2, 0.25) is 17.8 Å². The topological polar surface area (TPSA) is 451 Å². The van der Waals surface area contributed by atoms with E-state index >= 15 is 0 Å². The zero-order chi connectivity index (χ0) is 61.7. The minimum atomic E-state index is -1.91. The van der Waals surface area contributed by atoms with Crippen molar-refractivity contribution < 1.29 is 78.8 Å². The first kappa shape index (κ1) is 66.4. The third-order valence-corrected chi connectivity index (χ3v) is 16.9. The van der Waals surface area contributed by atoms with Gasteiger partial charge < -0.3 is 78.5 Å². The molecule has 0 aliphatic heterocycles. The molecule has 0 bridgehead atoms. The van der Waals surface area contributed by atoms with Crippen molar-refractivity contribution in [1.29, 1.82) is 0 Å². The number of benzene rings is 3. The number of hydrogen-bond donors (Lipinski definition) is 14. The first-order valence-corrected chi connectivity index (χ1v) is 30.2. The average molecular weight is 1230 g/mol. The van der Waals surface area contributed by atoms with Crippen LogP contribution in [0.4, 0.5) is 22.2 Å². The lowest BCUT2D eigenvalue weighted by molar-refractivity contribution is -0.144. The van der Waals surface area contributed by atoms with Crippen molar-refractivity contribution in [2.24, 2.45) is 11.8 Å². The molecule has 4 amide bonds. The lowest BCUT2D eigenvalue weighted by Gasteiger charge is -2.25. The van der Waals surface area contributed by atoms with Gasteiger partial charge in [-0.3, -0.25) is 33.6 Å². The highest BCUT2D eigenvalue weighted by molar-refractivity contribution is 8.76. The van der Waals surface area contributed by atoms with E-state index in [1.807, 2.05) is 48.5 Å². The van der Waals surface area contributed by atoms with Gasteiger partial charge in [0, 0.05) is 72.7 Å². The Balaban J connectivity index is 0.943. The number of esters is 1. The maximum Gasteiger partial charge on any atom is 0.326 e. The van der Waals surface area contributed by atoms with Crippen LogP contribution in [0.25, 0.3) is 22.3 Å². The Bertz CT molecular complexity index is 3120. The number of aliphatic hydroxyl groups excluding tert-OH is 5. The van der Waals surface area contributed by atoms with Crippen molar-refractivity contribution in [2.45, 2.75) is 88.0 Å². The number of rotatable bonds is 34. The summed E-state index contributed by atoms with van der Waals surface area (Å²) in [5.41, 5.74) is 17.5. The number of carbonyl (C=O) groups is 8. The van der Waals surface area contributed by atoms with Crippen LogP contribution >= 0.6 is 33.3 Å². The number of nitrogen functional groups attached to an aromatic ring is 2. The molecule has 30 heteroatoms. The van der Waals surface area contributed by atoms with Crippen LogP contribution in [0.2, 0.25) is 0 Å². The van der Waals surface area contributed by atoms with Gasteiger partial charge >= 0.3 is 17.9 Å². The van der Waals surface area contributed by atoms with E-state index in [9.17, 15) is 69.0 Å². The maximum absolute atomic E-state index is 13.9. The van der Waals surface area contributed by atoms with Gasteiger partial charge in [-0.15, -0.1) is 0 Å². The van der Waals surface area contributed by atoms with Gasteiger partial charge in [0.15, 0.2) is 22.8 Å². The highest BCUT2D eigenvalue weighted by Gasteiger charge is 2.33. The first-order valence-electron chi connectivity index (χ1n) is 26.7. The van der Waals surface area contributed by atoms with E-state index in [1.54, 1.807) is 12.1 Å². The second-order valence-corrected chi connectivity index (χ2v) is 23.3. The molecule has 0 unspecified atom stereocenters. The van der Waals surface area contributed by atoms with Crippen LogP contribution in [0.5, 0.6) is 0 Å². The number of ether oxygens (including phenoxy) is 1. The molecule has 2 heterocycles. The van der Waals surface area contributed by atoms with Crippen LogP contribution in [0.15, 0.2) is 79.0 Å². The van der Waals surface area contributed by atoms with Crippen molar-refractivity contribution in [3.8, 4) is 11.1 Å². The van der Waals surface area contributed by atoms with Crippen LogP contribution in [-0.4, -0.2) is 182 Å². The number of aromatic nitrogens is 4. The van der Waals surface area contributed by atoms with Crippen molar-refractivity contribution in [1.82, 2.24) is 41.2 Å². The number of nitrogens with one attached hydrogen (secondary N) is 5. The molecule has 0 fully saturated rings. The van der Waals surface area contributed by atoms with Gasteiger partial charge in [-0.1, -0.05) is 88.8 Å². The van der Waals surface area contributed by atoms with Crippen molar-refractivity contribution in [3.63, 3.8) is 0 Å². The van der Waals surface area contributed by atoms with Gasteiger partial charge in [-0.2, -0.15) is 9.97 Å². The monoisotopic (exact) mass is 1230 g/mol. The fraction of sp³-hybridized carbons (Fsp3) is 0.418. The fourth-order valence-electron chi connectivity index (χ4n) is 8.68. The normalized spacial score (nSPS) is 14.7. The quantitative estimate of drug-likeness (QED) is 0.0157. The molecule has 0 radical (unpaired) electrons. The largest absolute Gasteiger partial charge is 0.481 e. The number of carbonyl (C=O) groups excluding carboxylic acids is 6. The number of thioether (sulfide) groups is 1. The fourth-order valence-corrected chi connectivity index (χ4v) is 11.7. The first-order chi connectivity index (χ1) is 40.6. The molecule has 27 nitrogen and oxygen atoms in total. The molecule has 6 rings (SSSR count). The summed E-state index contributed by atoms with van der Waals surface area (Å²) >= 11 is 0.979. The number of carboxylic acid groups (broad SMARTS) is 2. The Hall–Kier alpha value is -7.71. The summed E-state index contributed by atoms with van der Waals surface area (Å²) < 4.78 is 5.25. The predicted octanol–water partition coefficient (Wildman–Crippen LogP) is 1.45. The number of amides is 4. The number of hydrogen-bond acceptors (Lipinski definition) is 24. The van der Waals surface area contributed by atoms with Crippen molar-refractivity contribution in [2.75, 3.05) is 60.3 Å². The Morgan fingerprint density at radius 3 is 2.07 bits per heavy atom. The minimum absolute atomic E-state index is 0.0328. The molecular formula is C55H67N11O16S3. The summed E-state index contributed by atoms with van der Waals surface area (Å²) in [6.07, 6.45) is -7.35. The molecule has 16 N–H and O–H groups in total. The molecule has 5 aromatic rings. The lowest BCUT2D eigenvalue weighted by atomic mass is 9.98. The summed E-state index contributed by atoms with van der Waals surface area (Å²) in [7, 11) is 2.22. The summed E-state index contributed by atoms with van der Waals surface area (Å²) in [5.74, 6) is -8.04. The Labute approximate surface area is 499 Å². The molecule has 8 atom stereocenters. The van der Waals surface area contributed by atoms with E-state index in [0.717, 1.165) is 55.6 Å². The average Bonchev–Trinajstić information content (AvgIpc) is 2.09. The van der Waals surface area contributed by atoms with E-state index in [0.29, 0.717) is 17.1 Å². The molecule has 0 saturated carbocycles. The lowest BCUT2D eigenvalue weighted by Crippen LogP contribution is -2.50. The molecule has 1 aliphatic carbocycles. The second kappa shape index (κ2) is 32.5. The van der Waals surface area contributed by atoms with Crippen LogP contribution < -0.4 is 38.1 Å². The third-order valence-electron chi connectivity index (χ3n) is 13.5. The molecule has 0 spiro atoms. The van der Waals surface area contributed by atoms with Crippen LogP contribution in [-0.2, 0) is 40.0 Å². The number of nitrogens with two attached hydrogens (primary N) is 2. The summed E-state index contributed by atoms with van der Waals surface area (Å²) in [5, 5.41) is 81.2. The van der Waals surface area contributed by atoms with Crippen LogP contribution in [0.3, 0.4) is 0 Å². The zero-order valence-electron chi connectivity index (χ0n) is 45.9. The maximum atomic E-state index is 13.9. The number of fused-ring (bicyclic) bond motifs is 4. The Morgan fingerprint density at radius 2 is 1.41 bits per heavy atom. The molecule has 2 aromatic heterocycles. The number of aliphatic hydroxyl groups is 5. The van der Waals surface area contributed by atoms with Crippen LogP contribution in [0, 0.1) is 11.8 Å². The third kappa shape index (κ3) is 19.7. The standard InChI is InChI=1S/C55H67N11O16S3/c1-28(10-16-43(71)59-24-41(69)46(73)47(74)42(70)25-67)50(75)64-39(23-61-55(81)83-27-37-35-8-4-2-6-33(35)34-7-3-5-9-36(34)37)40(68)20-30(52(77)78)26-85-84-19-18-82-44(72)17-15-38(53(79)80)63-51(76)29-11-13-31(14-12-29)58-21-32-22-60-49-45(62-32)48(56)65-54(57)66-49/h2-9,11-14,22,28,30,37-39,41-42,46-47,58,67,69-70,73-74H,10,15-21,23-27H2,1H3,(H,59,71)(H,61,81)(H,63,76)(H,64,75)(H,77,78)(H,79,80)(H4,56,57,60,65,66)/t28-,30-,38-,39-,41-,42+,46+,47+/m0/s1. The number of anilines is 3. The Morgan fingerprint density at radius 1 is 0.741 bits per heavy atom. The highest BCUT2D eigenvalue weighted by Crippen LogP contribution is 2.45. The summed E-state index contributed by atoms with van der Waals surface area (Å²) in [6, 6.07) is 19.1. The molecule has 456 valence electrons. The van der Waals surface area contributed by atoms with Gasteiger partial charge in [-0.05, 0) is 59.4 Å². The Kier molecular flexibility index (Phi) is 25.4. The summed E-state index contributed by atoms with van der Waals surface area (Å²) in [4.78, 5) is 120. The molecular weight excluding hydrogens is 1170 g/mol. The van der Waals surface area contributed by atoms with Crippen molar-refractivity contribution in [3.05, 3.63) is 101 Å². The van der Waals surface area contributed by atoms with E-state index in [1.165, 1.54) is 25.3 Å². The highest BCUT2D eigenvalue weighted by atomic mass is 33.1. The number of carboxylic acids is 2. The molecule has 3 aromatic carbocycles. The van der Waals surface area contributed by atoms with Crippen LogP contribution in [0.1, 0.15) is 72.1 Å². The number of ketones is 1. The molecule has 85 heavy (non-hydrogen) atoms. The van der Waals surface area contributed by atoms with Gasteiger partial charge in [0.1, 0.15) is 37.0 Å². The van der Waals surface area contributed by atoms with E-state index in [-0.39, 0.29) is 84.8 Å². The zero-order valence-corrected chi connectivity index (χ0v) is 48.3. The number of Topliss-reactive ketones (excluding diaryl/α,β-unsaturated/α-hetero) is 1. The SMILES string of the molecule is C[C@@H](CCC(=O)NC[C@H](O)[C@@H](O)[C@H](O)[C@H](O)CO)C(=O)N[C@@H](CNC(=O)SCC1c2ccccc2-c2ccccc21)C(=O)C[C@@H](CSSCCOC(=O)CC[C@H](NC(=O)c1ccc(NCc2cnc3nc(N)nc(N)c3n2)cc1)C(=O)O)C(=O)O. The predicted molar refractivity (Wildman–Crippen MR) is 316 cm³/mol. The molecule has 0 saturated heterocycles. The van der Waals surface area contributed by atoms with Crippen molar-refractivity contribution >= 4 is 109 Å². The second-order valence-electron chi connectivity index (χ2n) is 19.7. The number of nitrogens with zero attached hydrogens (tertiary/aromatic N) is 4.